The van der Waals surface area contributed by atoms with Crippen molar-refractivity contribution in [2.45, 2.75) is 13.0 Å². The zero-order chi connectivity index (χ0) is 14.4. The molecule has 1 unspecified atom stereocenters. The molecule has 0 heterocycles. The zero-order valence-electron chi connectivity index (χ0n) is 11.3. The van der Waals surface area contributed by atoms with Gasteiger partial charge in [-0.1, -0.05) is 34.1 Å². The topological polar surface area (TPSA) is 41.5 Å². The highest BCUT2D eigenvalue weighted by atomic mass is 79.9. The van der Waals surface area contributed by atoms with Crippen LogP contribution in [0.25, 0.3) is 0 Å². The van der Waals surface area contributed by atoms with Crippen LogP contribution in [0.5, 0.6) is 5.75 Å². The van der Waals surface area contributed by atoms with E-state index < -0.39 is 6.10 Å². The normalized spacial score (nSPS) is 11.9. The molecule has 0 radical (unpaired) electrons. The van der Waals surface area contributed by atoms with Gasteiger partial charge in [0.1, 0.15) is 18.5 Å². The minimum atomic E-state index is -0.561. The fraction of sp³-hybridized carbons (Fsp3) is 0.250. The van der Waals surface area contributed by atoms with Gasteiger partial charge in [-0.05, 0) is 42.8 Å². The van der Waals surface area contributed by atoms with Gasteiger partial charge in [0.2, 0.25) is 0 Å². The first-order valence-electron chi connectivity index (χ1n) is 6.50. The summed E-state index contributed by atoms with van der Waals surface area (Å²) in [5, 5.41) is 13.1. The average Bonchev–Trinajstić information content (AvgIpc) is 2.43. The van der Waals surface area contributed by atoms with Gasteiger partial charge >= 0.3 is 0 Å². The van der Waals surface area contributed by atoms with Crippen LogP contribution in [0, 0.1) is 6.92 Å². The third-order valence-corrected chi connectivity index (χ3v) is 3.29. The molecule has 20 heavy (non-hydrogen) atoms. The second-order valence-corrected chi connectivity index (χ2v) is 5.59. The summed E-state index contributed by atoms with van der Waals surface area (Å²) in [6.45, 7) is 2.75. The highest BCUT2D eigenvalue weighted by Crippen LogP contribution is 2.17. The van der Waals surface area contributed by atoms with Crippen LogP contribution in [0.1, 0.15) is 5.56 Å². The van der Waals surface area contributed by atoms with Gasteiger partial charge in [0.25, 0.3) is 0 Å². The van der Waals surface area contributed by atoms with Crippen LogP contribution in [-0.4, -0.2) is 24.4 Å². The number of hydrogen-bond donors (Lipinski definition) is 2. The van der Waals surface area contributed by atoms with Crippen LogP contribution in [0.3, 0.4) is 0 Å². The molecule has 0 aliphatic heterocycles. The van der Waals surface area contributed by atoms with Gasteiger partial charge in [-0.15, -0.1) is 0 Å². The number of aryl methyl sites for hydroxylation is 1. The first kappa shape index (κ1) is 14.9. The maximum absolute atomic E-state index is 9.91. The summed E-state index contributed by atoms with van der Waals surface area (Å²) in [7, 11) is 0. The van der Waals surface area contributed by atoms with Gasteiger partial charge in [0, 0.05) is 16.7 Å². The molecule has 1 atom stereocenters. The van der Waals surface area contributed by atoms with Gasteiger partial charge in [-0.3, -0.25) is 0 Å². The number of halogens is 1. The van der Waals surface area contributed by atoms with Crippen LogP contribution in [0.15, 0.2) is 53.0 Å². The van der Waals surface area contributed by atoms with Crippen LogP contribution in [0.4, 0.5) is 5.69 Å². The van der Waals surface area contributed by atoms with E-state index in [9.17, 15) is 5.11 Å². The quantitative estimate of drug-likeness (QED) is 0.847. The van der Waals surface area contributed by atoms with Crippen molar-refractivity contribution >= 4 is 21.6 Å². The summed E-state index contributed by atoms with van der Waals surface area (Å²) in [6, 6.07) is 15.6. The number of rotatable bonds is 6. The molecule has 0 fully saturated rings. The number of anilines is 1. The Labute approximate surface area is 127 Å². The Kier molecular flexibility index (Phi) is 5.44. The van der Waals surface area contributed by atoms with Crippen LogP contribution in [0.2, 0.25) is 0 Å². The lowest BCUT2D eigenvalue weighted by Crippen LogP contribution is -2.26. The van der Waals surface area contributed by atoms with Crippen molar-refractivity contribution in [1.29, 1.82) is 0 Å². The number of hydrogen-bond acceptors (Lipinski definition) is 3. The van der Waals surface area contributed by atoms with E-state index in [0.717, 1.165) is 15.9 Å². The predicted octanol–water partition coefficient (Wildman–Crippen LogP) is 3.61. The Morgan fingerprint density at radius 2 is 2.00 bits per heavy atom. The zero-order valence-corrected chi connectivity index (χ0v) is 12.9. The third kappa shape index (κ3) is 4.87. The van der Waals surface area contributed by atoms with Crippen molar-refractivity contribution in [3.8, 4) is 5.75 Å². The number of nitrogens with one attached hydrogen (secondary N) is 1. The van der Waals surface area contributed by atoms with E-state index in [4.69, 9.17) is 4.74 Å². The molecule has 0 aliphatic carbocycles. The molecule has 106 valence electrons. The fourth-order valence-electron chi connectivity index (χ4n) is 1.80. The second kappa shape index (κ2) is 7.31. The molecule has 2 aromatic rings. The molecule has 4 heteroatoms. The first-order valence-corrected chi connectivity index (χ1v) is 7.30. The minimum Gasteiger partial charge on any atom is -0.491 e. The summed E-state index contributed by atoms with van der Waals surface area (Å²) in [4.78, 5) is 0. The van der Waals surface area contributed by atoms with E-state index in [0.29, 0.717) is 6.54 Å². The molecule has 0 amide bonds. The van der Waals surface area contributed by atoms with Crippen molar-refractivity contribution in [2.75, 3.05) is 18.5 Å². The first-order chi connectivity index (χ1) is 9.63. The van der Waals surface area contributed by atoms with Gasteiger partial charge in [-0.25, -0.2) is 0 Å². The molecule has 0 saturated carbocycles. The van der Waals surface area contributed by atoms with Crippen molar-refractivity contribution < 1.29 is 9.84 Å². The van der Waals surface area contributed by atoms with E-state index in [2.05, 4.69) is 21.2 Å². The largest absolute Gasteiger partial charge is 0.491 e. The number of ether oxygens (including phenoxy) is 1. The Morgan fingerprint density at radius 3 is 2.75 bits per heavy atom. The van der Waals surface area contributed by atoms with Gasteiger partial charge in [-0.2, -0.15) is 0 Å². The number of aliphatic hydroxyl groups is 1. The number of aliphatic hydroxyl groups excluding tert-OH is 1. The molecule has 3 nitrogen and oxygen atoms in total. The highest BCUT2D eigenvalue weighted by molar-refractivity contribution is 9.10. The lowest BCUT2D eigenvalue weighted by Gasteiger charge is -2.14. The summed E-state index contributed by atoms with van der Waals surface area (Å²) in [5.74, 6) is 0.744. The SMILES string of the molecule is Cc1cccc(NCC(O)COc2cccc(Br)c2)c1. The van der Waals surface area contributed by atoms with Crippen molar-refractivity contribution in [2.24, 2.45) is 0 Å². The summed E-state index contributed by atoms with van der Waals surface area (Å²) < 4.78 is 6.50. The van der Waals surface area contributed by atoms with Crippen LogP contribution >= 0.6 is 15.9 Å². The summed E-state index contributed by atoms with van der Waals surface area (Å²) >= 11 is 3.38. The smallest absolute Gasteiger partial charge is 0.120 e. The predicted molar refractivity (Wildman–Crippen MR) is 85.3 cm³/mol. The van der Waals surface area contributed by atoms with Gasteiger partial charge in [0.15, 0.2) is 0 Å². The number of benzene rings is 2. The molecule has 2 rings (SSSR count). The average molecular weight is 336 g/mol. The maximum Gasteiger partial charge on any atom is 0.120 e. The fourth-order valence-corrected chi connectivity index (χ4v) is 2.18. The van der Waals surface area contributed by atoms with E-state index in [1.807, 2.05) is 55.5 Å². The molecular formula is C16H18BrNO2. The Balaban J connectivity index is 1.77. The minimum absolute atomic E-state index is 0.259. The lowest BCUT2D eigenvalue weighted by molar-refractivity contribution is 0.117. The molecule has 2 aromatic carbocycles. The Hall–Kier alpha value is -1.52. The van der Waals surface area contributed by atoms with E-state index >= 15 is 0 Å². The highest BCUT2D eigenvalue weighted by Gasteiger charge is 2.05. The standard InChI is InChI=1S/C16H18BrNO2/c1-12-4-2-6-14(8-12)18-10-15(19)11-20-16-7-3-5-13(17)9-16/h2-9,15,18-19H,10-11H2,1H3. The molecule has 0 saturated heterocycles. The summed E-state index contributed by atoms with van der Waals surface area (Å²) in [6.07, 6.45) is -0.561. The molecular weight excluding hydrogens is 318 g/mol. The monoisotopic (exact) mass is 335 g/mol. The van der Waals surface area contributed by atoms with E-state index in [1.54, 1.807) is 0 Å². The second-order valence-electron chi connectivity index (χ2n) is 4.67. The molecule has 0 spiro atoms. The van der Waals surface area contributed by atoms with Crippen molar-refractivity contribution in [1.82, 2.24) is 0 Å². The van der Waals surface area contributed by atoms with Gasteiger partial charge in [0.05, 0.1) is 0 Å². The molecule has 0 bridgehead atoms. The van der Waals surface area contributed by atoms with Crippen LogP contribution in [-0.2, 0) is 0 Å². The van der Waals surface area contributed by atoms with E-state index in [-0.39, 0.29) is 6.61 Å². The lowest BCUT2D eigenvalue weighted by atomic mass is 10.2. The molecule has 0 aliphatic rings. The van der Waals surface area contributed by atoms with Gasteiger partial charge < -0.3 is 15.2 Å². The van der Waals surface area contributed by atoms with E-state index in [1.165, 1.54) is 5.56 Å². The van der Waals surface area contributed by atoms with Crippen molar-refractivity contribution in [3.05, 3.63) is 58.6 Å². The Bertz CT molecular complexity index is 510. The maximum atomic E-state index is 9.91. The third-order valence-electron chi connectivity index (χ3n) is 2.80. The Morgan fingerprint density at radius 1 is 1.20 bits per heavy atom. The molecule has 0 aromatic heterocycles. The van der Waals surface area contributed by atoms with Crippen LogP contribution < -0.4 is 10.1 Å². The van der Waals surface area contributed by atoms with Crippen molar-refractivity contribution in [3.63, 3.8) is 0 Å². The summed E-state index contributed by atoms with van der Waals surface area (Å²) in [5.41, 5.74) is 2.20. The molecule has 2 N–H and O–H groups in total.